The molecule has 0 fully saturated rings. The van der Waals surface area contributed by atoms with Crippen LogP contribution >= 0.6 is 0 Å². The van der Waals surface area contributed by atoms with Crippen molar-refractivity contribution in [1.29, 1.82) is 0 Å². The first-order valence-corrected chi connectivity index (χ1v) is 4.70. The van der Waals surface area contributed by atoms with Crippen LogP contribution in [0.15, 0.2) is 18.2 Å². The first kappa shape index (κ1) is 11.7. The second-order valence-electron chi connectivity index (χ2n) is 3.10. The number of aliphatic hydroxyl groups excluding tert-OH is 1. The summed E-state index contributed by atoms with van der Waals surface area (Å²) in [6.07, 6.45) is 0.408. The maximum Gasteiger partial charge on any atom is 0.165 e. The van der Waals surface area contributed by atoms with E-state index in [1.807, 2.05) is 0 Å². The summed E-state index contributed by atoms with van der Waals surface area (Å²) in [5.74, 6) is -0.826. The molecule has 0 radical (unpaired) electrons. The molecule has 1 aromatic rings. The largest absolute Gasteiger partial charge is 0.490 e. The van der Waals surface area contributed by atoms with Crippen LogP contribution in [-0.2, 0) is 0 Å². The molecule has 0 aliphatic heterocycles. The van der Waals surface area contributed by atoms with Gasteiger partial charge in [0.1, 0.15) is 0 Å². The molecule has 0 atom stereocenters. The normalized spacial score (nSPS) is 10.1. The number of ketones is 1. The van der Waals surface area contributed by atoms with Crippen LogP contribution in [-0.4, -0.2) is 24.1 Å². The lowest BCUT2D eigenvalue weighted by atomic mass is 10.1. The summed E-state index contributed by atoms with van der Waals surface area (Å²) in [6.45, 7) is 1.52. The van der Waals surface area contributed by atoms with Gasteiger partial charge in [-0.1, -0.05) is 6.07 Å². The van der Waals surface area contributed by atoms with E-state index >= 15 is 0 Å². The second kappa shape index (κ2) is 5.46. The number of Topliss-reactive ketones (excluding diaryl/α,β-unsaturated/α-hetero) is 1. The van der Waals surface area contributed by atoms with Crippen molar-refractivity contribution in [2.75, 3.05) is 13.2 Å². The van der Waals surface area contributed by atoms with Gasteiger partial charge in [-0.05, 0) is 19.1 Å². The van der Waals surface area contributed by atoms with Crippen molar-refractivity contribution in [2.45, 2.75) is 13.3 Å². The van der Waals surface area contributed by atoms with Crippen molar-refractivity contribution in [3.8, 4) is 5.75 Å². The van der Waals surface area contributed by atoms with Crippen LogP contribution in [0, 0.1) is 5.82 Å². The van der Waals surface area contributed by atoms with Crippen LogP contribution in [0.5, 0.6) is 5.75 Å². The molecule has 3 nitrogen and oxygen atoms in total. The predicted molar refractivity (Wildman–Crippen MR) is 53.6 cm³/mol. The molecule has 0 amide bonds. The molecule has 1 aromatic carbocycles. The Bertz CT molecular complexity index is 350. The fourth-order valence-electron chi connectivity index (χ4n) is 1.17. The molecule has 0 saturated heterocycles. The van der Waals surface area contributed by atoms with E-state index in [1.165, 1.54) is 25.1 Å². The number of hydrogen-bond acceptors (Lipinski definition) is 3. The Balaban J connectivity index is 2.87. The molecule has 0 bridgehead atoms. The van der Waals surface area contributed by atoms with Crippen molar-refractivity contribution in [3.63, 3.8) is 0 Å². The van der Waals surface area contributed by atoms with Crippen LogP contribution in [0.4, 0.5) is 4.39 Å². The van der Waals surface area contributed by atoms with Gasteiger partial charge in [0.15, 0.2) is 17.3 Å². The van der Waals surface area contributed by atoms with E-state index in [1.54, 1.807) is 0 Å². The summed E-state index contributed by atoms with van der Waals surface area (Å²) in [7, 11) is 0. The molecule has 0 aromatic heterocycles. The third-order valence-corrected chi connectivity index (χ3v) is 1.90. The molecular weight excluding hydrogens is 199 g/mol. The van der Waals surface area contributed by atoms with E-state index in [0.717, 1.165) is 0 Å². The third kappa shape index (κ3) is 3.02. The van der Waals surface area contributed by atoms with Crippen molar-refractivity contribution >= 4 is 5.78 Å². The maximum absolute atomic E-state index is 13.3. The first-order valence-electron chi connectivity index (χ1n) is 4.70. The van der Waals surface area contributed by atoms with Gasteiger partial charge in [0.2, 0.25) is 0 Å². The SMILES string of the molecule is CC(=O)c1cccc(F)c1OCCCO. The Morgan fingerprint density at radius 3 is 2.87 bits per heavy atom. The van der Waals surface area contributed by atoms with Crippen molar-refractivity contribution < 1.29 is 19.0 Å². The van der Waals surface area contributed by atoms with Gasteiger partial charge in [-0.2, -0.15) is 0 Å². The molecule has 0 unspecified atom stereocenters. The monoisotopic (exact) mass is 212 g/mol. The number of rotatable bonds is 5. The molecule has 0 saturated carbocycles. The topological polar surface area (TPSA) is 46.5 Å². The number of carbonyl (C=O) groups excluding carboxylic acids is 1. The molecular formula is C11H13FO3. The highest BCUT2D eigenvalue weighted by Gasteiger charge is 2.12. The van der Waals surface area contributed by atoms with Gasteiger partial charge in [-0.3, -0.25) is 4.79 Å². The molecule has 15 heavy (non-hydrogen) atoms. The molecule has 1 N–H and O–H groups in total. The minimum absolute atomic E-state index is 0.0240. The number of benzene rings is 1. The average Bonchev–Trinajstić information content (AvgIpc) is 2.20. The summed E-state index contributed by atoms with van der Waals surface area (Å²) < 4.78 is 18.4. The van der Waals surface area contributed by atoms with Crippen molar-refractivity contribution in [3.05, 3.63) is 29.6 Å². The number of halogens is 1. The van der Waals surface area contributed by atoms with E-state index in [0.29, 0.717) is 6.42 Å². The minimum atomic E-state index is -0.555. The van der Waals surface area contributed by atoms with Crippen molar-refractivity contribution in [2.24, 2.45) is 0 Å². The highest BCUT2D eigenvalue weighted by atomic mass is 19.1. The van der Waals surface area contributed by atoms with Gasteiger partial charge in [0, 0.05) is 13.0 Å². The molecule has 0 aliphatic rings. The Labute approximate surface area is 87.5 Å². The number of para-hydroxylation sites is 1. The summed E-state index contributed by atoms with van der Waals surface area (Å²) in [5.41, 5.74) is 0.230. The van der Waals surface area contributed by atoms with Gasteiger partial charge in [0.05, 0.1) is 12.2 Å². The van der Waals surface area contributed by atoms with Gasteiger partial charge in [0.25, 0.3) is 0 Å². The van der Waals surface area contributed by atoms with Gasteiger partial charge >= 0.3 is 0 Å². The molecule has 4 heteroatoms. The second-order valence-corrected chi connectivity index (χ2v) is 3.10. The molecule has 0 heterocycles. The van der Waals surface area contributed by atoms with Crippen LogP contribution in [0.3, 0.4) is 0 Å². The lowest BCUT2D eigenvalue weighted by molar-refractivity contribution is 0.101. The molecule has 1 rings (SSSR count). The van der Waals surface area contributed by atoms with E-state index in [-0.39, 0.29) is 30.3 Å². The number of ether oxygens (including phenoxy) is 1. The minimum Gasteiger partial charge on any atom is -0.490 e. The van der Waals surface area contributed by atoms with Crippen LogP contribution < -0.4 is 4.74 Å². The lowest BCUT2D eigenvalue weighted by Crippen LogP contribution is -2.06. The quantitative estimate of drug-likeness (QED) is 0.598. The smallest absolute Gasteiger partial charge is 0.165 e. The van der Waals surface area contributed by atoms with Crippen LogP contribution in [0.2, 0.25) is 0 Å². The predicted octanol–water partition coefficient (Wildman–Crippen LogP) is 1.79. The first-order chi connectivity index (χ1) is 7.16. The summed E-state index contributed by atoms with van der Waals surface area (Å²) >= 11 is 0. The van der Waals surface area contributed by atoms with E-state index in [2.05, 4.69) is 0 Å². The van der Waals surface area contributed by atoms with Gasteiger partial charge < -0.3 is 9.84 Å². The number of carbonyl (C=O) groups is 1. The molecule has 82 valence electrons. The highest BCUT2D eigenvalue weighted by molar-refractivity contribution is 5.96. The zero-order valence-corrected chi connectivity index (χ0v) is 8.50. The zero-order valence-electron chi connectivity index (χ0n) is 8.50. The van der Waals surface area contributed by atoms with E-state index in [9.17, 15) is 9.18 Å². The lowest BCUT2D eigenvalue weighted by Gasteiger charge is -2.09. The Morgan fingerprint density at radius 2 is 2.27 bits per heavy atom. The van der Waals surface area contributed by atoms with Crippen LogP contribution in [0.1, 0.15) is 23.7 Å². The van der Waals surface area contributed by atoms with E-state index in [4.69, 9.17) is 9.84 Å². The number of hydrogen-bond donors (Lipinski definition) is 1. The average molecular weight is 212 g/mol. The van der Waals surface area contributed by atoms with Gasteiger partial charge in [-0.15, -0.1) is 0 Å². The Hall–Kier alpha value is -1.42. The van der Waals surface area contributed by atoms with Gasteiger partial charge in [-0.25, -0.2) is 4.39 Å². The fraction of sp³-hybridized carbons (Fsp3) is 0.364. The Kier molecular flexibility index (Phi) is 4.24. The fourth-order valence-corrected chi connectivity index (χ4v) is 1.17. The standard InChI is InChI=1S/C11H13FO3/c1-8(14)9-4-2-5-10(12)11(9)15-7-3-6-13/h2,4-5,13H,3,6-7H2,1H3. The summed E-state index contributed by atoms with van der Waals surface area (Å²) in [6, 6.07) is 4.21. The summed E-state index contributed by atoms with van der Waals surface area (Å²) in [5, 5.41) is 8.55. The highest BCUT2D eigenvalue weighted by Crippen LogP contribution is 2.23. The zero-order chi connectivity index (χ0) is 11.3. The summed E-state index contributed by atoms with van der Waals surface area (Å²) in [4.78, 5) is 11.2. The number of aliphatic hydroxyl groups is 1. The maximum atomic E-state index is 13.3. The van der Waals surface area contributed by atoms with Crippen molar-refractivity contribution in [1.82, 2.24) is 0 Å². The van der Waals surface area contributed by atoms with E-state index < -0.39 is 5.82 Å². The molecule has 0 spiro atoms. The van der Waals surface area contributed by atoms with Crippen LogP contribution in [0.25, 0.3) is 0 Å². The Morgan fingerprint density at radius 1 is 1.53 bits per heavy atom. The third-order valence-electron chi connectivity index (χ3n) is 1.90. The molecule has 0 aliphatic carbocycles.